The highest BCUT2D eigenvalue weighted by Gasteiger charge is 2.19. The topological polar surface area (TPSA) is 46.1 Å². The van der Waals surface area contributed by atoms with E-state index in [9.17, 15) is 9.39 Å². The van der Waals surface area contributed by atoms with Gasteiger partial charge in [-0.15, -0.1) is 0 Å². The highest BCUT2D eigenvalue weighted by molar-refractivity contribution is 8.41. The van der Waals surface area contributed by atoms with Crippen molar-refractivity contribution >= 4 is 23.8 Å². The molecule has 0 bridgehead atoms. The molecule has 0 fully saturated rings. The number of rotatable bonds is 2. The Bertz CT molecular complexity index is 1220. The molecule has 4 heteroatoms. The summed E-state index contributed by atoms with van der Waals surface area (Å²) in [6.07, 6.45) is 0. The van der Waals surface area contributed by atoms with Gasteiger partial charge in [-0.05, 0) is 34.1 Å². The minimum Gasteiger partial charge on any atom is -0.775 e. The normalized spacial score (nSPS) is 11.7. The quantitative estimate of drug-likeness (QED) is 0.321. The van der Waals surface area contributed by atoms with Gasteiger partial charge in [-0.2, -0.15) is 0 Å². The Morgan fingerprint density at radius 2 is 0.759 bits per heavy atom. The third-order valence-electron chi connectivity index (χ3n) is 4.69. The van der Waals surface area contributed by atoms with Gasteiger partial charge in [0.15, 0.2) is 0 Å². The second-order valence-electron chi connectivity index (χ2n) is 6.60. The summed E-state index contributed by atoms with van der Waals surface area (Å²) in [7, 11) is -5.18. The molecular formula is C25H21N2S2-. The Morgan fingerprint density at radius 1 is 0.483 bits per heavy atom. The van der Waals surface area contributed by atoms with Crippen LogP contribution < -0.4 is 0 Å². The zero-order valence-electron chi connectivity index (χ0n) is 15.8. The van der Waals surface area contributed by atoms with Crippen molar-refractivity contribution in [2.45, 2.75) is 19.6 Å². The molecular weight excluding hydrogens is 392 g/mol. The lowest BCUT2D eigenvalue weighted by molar-refractivity contribution is 1.37. The first-order valence-corrected chi connectivity index (χ1v) is 12.6. The van der Waals surface area contributed by atoms with E-state index in [2.05, 4.69) is 0 Å². The molecule has 0 atom stereocenters. The van der Waals surface area contributed by atoms with Crippen LogP contribution in [0.1, 0.15) is 0 Å². The van der Waals surface area contributed by atoms with Gasteiger partial charge in [0.1, 0.15) is 0 Å². The molecule has 0 aliphatic carbocycles. The van der Waals surface area contributed by atoms with E-state index in [1.165, 1.54) is 0 Å². The Hall–Kier alpha value is -3.04. The van der Waals surface area contributed by atoms with Crippen molar-refractivity contribution < 1.29 is 0 Å². The van der Waals surface area contributed by atoms with E-state index < -0.39 is 19.1 Å². The monoisotopic (exact) mass is 413 g/mol. The average molecular weight is 414 g/mol. The maximum absolute atomic E-state index is 12.1. The van der Waals surface area contributed by atoms with E-state index >= 15 is 0 Å². The van der Waals surface area contributed by atoms with Gasteiger partial charge in [-0.1, -0.05) is 97.1 Å². The fraction of sp³-hybridized carbons (Fsp3) is 0. The Labute approximate surface area is 173 Å². The summed E-state index contributed by atoms with van der Waals surface area (Å²) in [4.78, 5) is 3.18. The molecule has 4 aromatic rings. The summed E-state index contributed by atoms with van der Waals surface area (Å²) in [5.41, 5.74) is 0. The first-order chi connectivity index (χ1) is 14.1. The first-order valence-electron chi connectivity index (χ1n) is 9.30. The van der Waals surface area contributed by atoms with Crippen molar-refractivity contribution in [3.8, 4) is 0 Å². The molecule has 0 aliphatic rings. The third kappa shape index (κ3) is 3.79. The number of hydrogen-bond donors (Lipinski definition) is 0. The van der Waals surface area contributed by atoms with Gasteiger partial charge < -0.3 is 4.78 Å². The van der Waals surface area contributed by atoms with Gasteiger partial charge in [-0.3, -0.25) is 9.41 Å². The van der Waals surface area contributed by atoms with Crippen LogP contribution in [0.15, 0.2) is 141 Å². The molecule has 0 aliphatic heterocycles. The molecule has 4 aromatic carbocycles. The van der Waals surface area contributed by atoms with E-state index in [0.29, 0.717) is 0 Å². The highest BCUT2D eigenvalue weighted by atomic mass is 32.3. The predicted molar refractivity (Wildman–Crippen MR) is 125 cm³/mol. The van der Waals surface area contributed by atoms with Crippen LogP contribution in [-0.2, 0) is 9.41 Å². The van der Waals surface area contributed by atoms with Gasteiger partial charge in [0, 0.05) is 24.1 Å². The summed E-state index contributed by atoms with van der Waals surface area (Å²) < 4.78 is 26.0. The molecule has 0 unspecified atom stereocenters. The fourth-order valence-corrected chi connectivity index (χ4v) is 9.43. The standard InChI is InChI=1S/C25H21N2S2/c26-28(22-13-5-1-6-14-22,23-15-7-2-8-16-23)21-29(27,24-17-9-3-10-18-24)25-19-11-4-12-20-25/h1-21H/q-1. The minimum absolute atomic E-state index is 0.795. The van der Waals surface area contributed by atoms with Crippen molar-refractivity contribution in [1.29, 1.82) is 4.61 Å². The van der Waals surface area contributed by atoms with Crippen LogP contribution >= 0.6 is 9.66 Å². The molecule has 0 N–H and O–H groups in total. The minimum atomic E-state index is -2.59. The smallest absolute Gasteiger partial charge is 0.0307 e. The number of hydrogen-bond acceptors (Lipinski definition) is 1. The average Bonchev–Trinajstić information content (AvgIpc) is 2.81. The van der Waals surface area contributed by atoms with Crippen molar-refractivity contribution in [1.82, 2.24) is 0 Å². The van der Waals surface area contributed by atoms with Gasteiger partial charge in [0.25, 0.3) is 0 Å². The number of nitrogens with zero attached hydrogens (tertiary/aromatic N) is 2. The molecule has 0 spiro atoms. The van der Waals surface area contributed by atoms with Crippen LogP contribution in [0, 0.1) is 4.61 Å². The molecule has 0 radical (unpaired) electrons. The molecule has 0 aromatic heterocycles. The molecule has 2 nitrogen and oxygen atoms in total. The van der Waals surface area contributed by atoms with Crippen LogP contribution in [-0.4, -0.2) is 4.70 Å². The summed E-state index contributed by atoms with van der Waals surface area (Å²) in [6, 6.07) is 38.5. The molecule has 0 saturated carbocycles. The van der Waals surface area contributed by atoms with Gasteiger partial charge in [0.05, 0.1) is 0 Å². The zero-order chi connectivity index (χ0) is 20.2. The molecule has 0 heterocycles. The lowest BCUT2D eigenvalue weighted by Gasteiger charge is -2.29. The summed E-state index contributed by atoms with van der Waals surface area (Å²) in [5, 5.41) is 0. The van der Waals surface area contributed by atoms with Crippen molar-refractivity contribution in [2.24, 2.45) is 0 Å². The molecule has 144 valence electrons. The van der Waals surface area contributed by atoms with Crippen LogP contribution in [0.25, 0.3) is 4.78 Å². The second kappa shape index (κ2) is 8.14. The Morgan fingerprint density at radius 3 is 1.07 bits per heavy atom. The molecule has 29 heavy (non-hydrogen) atoms. The zero-order valence-corrected chi connectivity index (χ0v) is 17.5. The maximum atomic E-state index is 12.1. The Kier molecular flexibility index (Phi) is 5.41. The SMILES string of the molecule is N#S(C=S(=[N-])(c1ccccc1)c1ccccc1)(c1ccccc1)c1ccccc1. The van der Waals surface area contributed by atoms with E-state index in [0.717, 1.165) is 19.6 Å². The van der Waals surface area contributed by atoms with Gasteiger partial charge in [0.2, 0.25) is 0 Å². The maximum Gasteiger partial charge on any atom is 0.0307 e. The number of benzene rings is 4. The molecule has 0 saturated heterocycles. The Balaban J connectivity index is 2.09. The largest absolute Gasteiger partial charge is 0.775 e. The van der Waals surface area contributed by atoms with E-state index in [4.69, 9.17) is 0 Å². The van der Waals surface area contributed by atoms with Gasteiger partial charge >= 0.3 is 0 Å². The van der Waals surface area contributed by atoms with Crippen LogP contribution in [0.3, 0.4) is 0 Å². The second-order valence-corrected chi connectivity index (χ2v) is 11.8. The molecule has 4 rings (SSSR count). The van der Waals surface area contributed by atoms with Crippen LogP contribution in [0.5, 0.6) is 0 Å². The van der Waals surface area contributed by atoms with Crippen LogP contribution in [0.4, 0.5) is 0 Å². The van der Waals surface area contributed by atoms with E-state index in [1.807, 2.05) is 121 Å². The van der Waals surface area contributed by atoms with Crippen molar-refractivity contribution in [2.75, 3.05) is 0 Å². The van der Waals surface area contributed by atoms with E-state index in [1.54, 1.807) is 4.70 Å². The van der Waals surface area contributed by atoms with Gasteiger partial charge in [-0.25, -0.2) is 4.61 Å². The van der Waals surface area contributed by atoms with E-state index in [-0.39, 0.29) is 0 Å². The van der Waals surface area contributed by atoms with Crippen LogP contribution in [0.2, 0.25) is 0 Å². The van der Waals surface area contributed by atoms with Crippen molar-refractivity contribution in [3.63, 3.8) is 0 Å². The lowest BCUT2D eigenvalue weighted by Crippen LogP contribution is -2.06. The first kappa shape index (κ1) is 19.3. The summed E-state index contributed by atoms with van der Waals surface area (Å²) in [5.74, 6) is 0. The lowest BCUT2D eigenvalue weighted by atomic mass is 10.4. The highest BCUT2D eigenvalue weighted by Crippen LogP contribution is 2.49. The third-order valence-corrected chi connectivity index (χ3v) is 10.9. The summed E-state index contributed by atoms with van der Waals surface area (Å²) in [6.45, 7) is 0. The summed E-state index contributed by atoms with van der Waals surface area (Å²) >= 11 is 0. The predicted octanol–water partition coefficient (Wildman–Crippen LogP) is 7.17. The molecule has 0 amide bonds. The fourth-order valence-electron chi connectivity index (χ4n) is 3.21. The van der Waals surface area contributed by atoms with Crippen molar-refractivity contribution in [3.05, 3.63) is 126 Å².